The number of hydrogen-bond donors (Lipinski definition) is 2. The van der Waals surface area contributed by atoms with Crippen LogP contribution in [0.2, 0.25) is 0 Å². The van der Waals surface area contributed by atoms with E-state index < -0.39 is 17.4 Å². The van der Waals surface area contributed by atoms with Crippen LogP contribution in [0.3, 0.4) is 0 Å². The van der Waals surface area contributed by atoms with Crippen LogP contribution in [0.4, 0.5) is 0 Å². The minimum absolute atomic E-state index is 0.206. The summed E-state index contributed by atoms with van der Waals surface area (Å²) in [6.45, 7) is 11.5. The molecule has 6 heteroatoms. The molecule has 0 aliphatic heterocycles. The Labute approximate surface area is 201 Å². The van der Waals surface area contributed by atoms with Gasteiger partial charge in [-0.3, -0.25) is 0 Å². The number of carbonyl (C=O) groups excluding carboxylic acids is 2. The zero-order chi connectivity index (χ0) is 25.0. The van der Waals surface area contributed by atoms with Crippen molar-refractivity contribution in [2.24, 2.45) is 5.41 Å². The van der Waals surface area contributed by atoms with Crippen molar-refractivity contribution in [3.63, 3.8) is 0 Å². The van der Waals surface area contributed by atoms with Gasteiger partial charge in [0.05, 0.1) is 0 Å². The number of carbonyl (C=O) groups is 2. The highest BCUT2D eigenvalue weighted by atomic mass is 16.5. The topological polar surface area (TPSA) is 93.1 Å². The minimum atomic E-state index is -0.424. The van der Waals surface area contributed by atoms with Crippen LogP contribution in [0.25, 0.3) is 0 Å². The molecule has 6 nitrogen and oxygen atoms in total. The third-order valence-electron chi connectivity index (χ3n) is 5.95. The van der Waals surface area contributed by atoms with E-state index in [9.17, 15) is 9.59 Å². The van der Waals surface area contributed by atoms with Gasteiger partial charge in [-0.25, -0.2) is 9.59 Å². The predicted molar refractivity (Wildman–Crippen MR) is 133 cm³/mol. The zero-order valence-corrected chi connectivity index (χ0v) is 21.2. The molecule has 192 valence electrons. The number of hydrogen-bond acceptors (Lipinski definition) is 6. The van der Waals surface area contributed by atoms with Gasteiger partial charge in [-0.05, 0) is 39.5 Å². The molecule has 0 rings (SSSR count). The average Bonchev–Trinajstić information content (AvgIpc) is 2.79. The number of unbranched alkanes of at least 4 members (excludes halogenated alkanes) is 10. The molecule has 0 aliphatic carbocycles. The summed E-state index contributed by atoms with van der Waals surface area (Å²) in [6, 6.07) is 0. The molecule has 0 saturated carbocycles. The summed E-state index contributed by atoms with van der Waals surface area (Å²) in [6.07, 6.45) is 13.8. The summed E-state index contributed by atoms with van der Waals surface area (Å²) in [4.78, 5) is 24.2. The Bertz CT molecular complexity index is 519. The third kappa shape index (κ3) is 16.6. The van der Waals surface area contributed by atoms with Crippen molar-refractivity contribution in [3.05, 3.63) is 24.3 Å². The average molecular weight is 469 g/mol. The molecule has 0 aromatic heterocycles. The van der Waals surface area contributed by atoms with Crippen LogP contribution >= 0.6 is 0 Å². The van der Waals surface area contributed by atoms with Gasteiger partial charge in [-0.15, -0.1) is 0 Å². The number of aliphatic hydroxyl groups is 2. The number of aliphatic hydroxyl groups excluding tert-OH is 2. The summed E-state index contributed by atoms with van der Waals surface area (Å²) in [5.41, 5.74) is 0.290. The number of rotatable bonds is 22. The van der Waals surface area contributed by atoms with E-state index >= 15 is 0 Å². The van der Waals surface area contributed by atoms with Crippen molar-refractivity contribution in [2.75, 3.05) is 26.4 Å². The molecule has 33 heavy (non-hydrogen) atoms. The monoisotopic (exact) mass is 468 g/mol. The molecule has 0 aliphatic rings. The summed E-state index contributed by atoms with van der Waals surface area (Å²) < 4.78 is 11.1. The van der Waals surface area contributed by atoms with E-state index in [2.05, 4.69) is 13.2 Å². The Morgan fingerprint density at radius 2 is 0.909 bits per heavy atom. The molecule has 0 bridgehead atoms. The fraction of sp³-hybridized carbons (Fsp3) is 0.778. The first kappa shape index (κ1) is 31.3. The summed E-state index contributed by atoms with van der Waals surface area (Å²) in [5, 5.41) is 17.8. The lowest BCUT2D eigenvalue weighted by molar-refractivity contribution is -0.150. The lowest BCUT2D eigenvalue weighted by Crippen LogP contribution is -2.35. The van der Waals surface area contributed by atoms with E-state index in [-0.39, 0.29) is 26.4 Å². The molecule has 0 heterocycles. The van der Waals surface area contributed by atoms with Crippen molar-refractivity contribution in [1.29, 1.82) is 0 Å². The summed E-state index contributed by atoms with van der Waals surface area (Å²) in [7, 11) is 0. The second-order valence-corrected chi connectivity index (χ2v) is 9.40. The molecule has 0 amide bonds. The van der Waals surface area contributed by atoms with Crippen LogP contribution in [-0.2, 0) is 19.1 Å². The maximum Gasteiger partial charge on any atom is 0.333 e. The fourth-order valence-electron chi connectivity index (χ4n) is 3.78. The summed E-state index contributed by atoms with van der Waals surface area (Å²) in [5.74, 6) is -0.836. The first-order valence-electron chi connectivity index (χ1n) is 12.6. The third-order valence-corrected chi connectivity index (χ3v) is 5.95. The Hall–Kier alpha value is -1.66. The standard InChI is InChI=1S/C27H48O6/c1-23(2)25(30)32-21-27(22-33-26(31)24(3)4,17-13-9-5-7-11-15-19-28)18-14-10-6-8-12-16-20-29/h28-29H,1,3,5-22H2,2,4H3. The van der Waals surface area contributed by atoms with Gasteiger partial charge in [0.25, 0.3) is 0 Å². The first-order chi connectivity index (χ1) is 15.8. The van der Waals surface area contributed by atoms with Crippen molar-refractivity contribution in [1.82, 2.24) is 0 Å². The minimum Gasteiger partial charge on any atom is -0.462 e. The zero-order valence-electron chi connectivity index (χ0n) is 21.2. The molecule has 0 radical (unpaired) electrons. The predicted octanol–water partition coefficient (Wildman–Crippen LogP) is 5.66. The van der Waals surface area contributed by atoms with E-state index in [1.54, 1.807) is 13.8 Å². The van der Waals surface area contributed by atoms with Gasteiger partial charge in [0.2, 0.25) is 0 Å². The van der Waals surface area contributed by atoms with E-state index in [0.29, 0.717) is 11.1 Å². The van der Waals surface area contributed by atoms with Gasteiger partial charge < -0.3 is 19.7 Å². The van der Waals surface area contributed by atoms with Crippen LogP contribution in [-0.4, -0.2) is 48.6 Å². The van der Waals surface area contributed by atoms with Gasteiger partial charge in [-0.1, -0.05) is 77.4 Å². The molecule has 0 fully saturated rings. The van der Waals surface area contributed by atoms with Crippen LogP contribution in [0.15, 0.2) is 24.3 Å². The Kier molecular flexibility index (Phi) is 18.8. The first-order valence-corrected chi connectivity index (χ1v) is 12.6. The van der Waals surface area contributed by atoms with E-state index in [1.807, 2.05) is 0 Å². The second-order valence-electron chi connectivity index (χ2n) is 9.40. The largest absolute Gasteiger partial charge is 0.462 e. The van der Waals surface area contributed by atoms with Gasteiger partial charge in [0.15, 0.2) is 0 Å². The van der Waals surface area contributed by atoms with Crippen LogP contribution in [0, 0.1) is 5.41 Å². The summed E-state index contributed by atoms with van der Waals surface area (Å²) >= 11 is 0. The normalized spacial score (nSPS) is 11.3. The smallest absolute Gasteiger partial charge is 0.333 e. The van der Waals surface area contributed by atoms with E-state index in [1.165, 1.54) is 0 Å². The number of ether oxygens (including phenoxy) is 2. The molecule has 0 unspecified atom stereocenters. The second kappa shape index (κ2) is 19.8. The Balaban J connectivity index is 5.06. The van der Waals surface area contributed by atoms with Crippen molar-refractivity contribution >= 4 is 11.9 Å². The molecule has 0 saturated heterocycles. The van der Waals surface area contributed by atoms with Gasteiger partial charge in [0, 0.05) is 29.8 Å². The maximum absolute atomic E-state index is 12.1. The molecule has 0 spiro atoms. The molecule has 0 atom stereocenters. The van der Waals surface area contributed by atoms with Crippen molar-refractivity contribution in [2.45, 2.75) is 104 Å². The van der Waals surface area contributed by atoms with Gasteiger partial charge in [0.1, 0.15) is 13.2 Å². The number of esters is 2. The molecular formula is C27H48O6. The quantitative estimate of drug-likeness (QED) is 0.121. The molecule has 0 aromatic rings. The maximum atomic E-state index is 12.1. The van der Waals surface area contributed by atoms with Crippen LogP contribution in [0.5, 0.6) is 0 Å². The molecule has 2 N–H and O–H groups in total. The van der Waals surface area contributed by atoms with Gasteiger partial charge in [-0.2, -0.15) is 0 Å². The van der Waals surface area contributed by atoms with Crippen LogP contribution in [0.1, 0.15) is 104 Å². The Morgan fingerprint density at radius 3 is 1.21 bits per heavy atom. The lowest BCUT2D eigenvalue weighted by Gasteiger charge is -2.33. The Morgan fingerprint density at radius 1 is 0.606 bits per heavy atom. The highest BCUT2D eigenvalue weighted by molar-refractivity contribution is 5.87. The lowest BCUT2D eigenvalue weighted by atomic mass is 9.79. The van der Waals surface area contributed by atoms with Crippen molar-refractivity contribution < 1.29 is 29.3 Å². The molecular weight excluding hydrogens is 420 g/mol. The highest BCUT2D eigenvalue weighted by Crippen LogP contribution is 2.34. The van der Waals surface area contributed by atoms with Crippen molar-refractivity contribution in [3.8, 4) is 0 Å². The van der Waals surface area contributed by atoms with E-state index in [4.69, 9.17) is 19.7 Å². The van der Waals surface area contributed by atoms with Gasteiger partial charge >= 0.3 is 11.9 Å². The van der Waals surface area contributed by atoms with E-state index in [0.717, 1.165) is 89.9 Å². The molecule has 0 aromatic carbocycles. The SMILES string of the molecule is C=C(C)C(=O)OCC(CCCCCCCCO)(CCCCCCCCO)COC(=O)C(=C)C. The highest BCUT2D eigenvalue weighted by Gasteiger charge is 2.33. The van der Waals surface area contributed by atoms with Crippen LogP contribution < -0.4 is 0 Å². The fourth-order valence-corrected chi connectivity index (χ4v) is 3.78.